The summed E-state index contributed by atoms with van der Waals surface area (Å²) in [6, 6.07) is 0.544. The first kappa shape index (κ1) is 15.4. The summed E-state index contributed by atoms with van der Waals surface area (Å²) >= 11 is 0. The zero-order valence-corrected chi connectivity index (χ0v) is 11.7. The number of amides is 1. The Morgan fingerprint density at radius 2 is 2.28 bits per heavy atom. The third-order valence-corrected chi connectivity index (χ3v) is 3.26. The van der Waals surface area contributed by atoms with Crippen LogP contribution in [0, 0.1) is 0 Å². The van der Waals surface area contributed by atoms with Gasteiger partial charge in [-0.25, -0.2) is 0 Å². The third kappa shape index (κ3) is 5.33. The van der Waals surface area contributed by atoms with Gasteiger partial charge in [0, 0.05) is 18.7 Å². The van der Waals surface area contributed by atoms with E-state index in [0.717, 1.165) is 19.4 Å². The third-order valence-electron chi connectivity index (χ3n) is 3.26. The molecule has 0 bridgehead atoms. The van der Waals surface area contributed by atoms with Gasteiger partial charge in [0.25, 0.3) is 0 Å². The van der Waals surface area contributed by atoms with Gasteiger partial charge < -0.3 is 20.1 Å². The minimum Gasteiger partial charge on any atom is -0.379 e. The molecule has 0 radical (unpaired) electrons. The van der Waals surface area contributed by atoms with Gasteiger partial charge in [-0.05, 0) is 40.2 Å². The summed E-state index contributed by atoms with van der Waals surface area (Å²) in [7, 11) is 0. The molecule has 1 rings (SSSR count). The number of nitrogens with one attached hydrogen (secondary N) is 2. The molecule has 1 saturated heterocycles. The molecule has 2 N–H and O–H groups in total. The molecule has 3 atom stereocenters. The average molecular weight is 258 g/mol. The van der Waals surface area contributed by atoms with Crippen molar-refractivity contribution < 1.29 is 14.3 Å². The van der Waals surface area contributed by atoms with Crippen molar-refractivity contribution >= 4 is 5.91 Å². The minimum atomic E-state index is -0.417. The van der Waals surface area contributed by atoms with Crippen LogP contribution in [0.3, 0.4) is 0 Å². The lowest BCUT2D eigenvalue weighted by molar-refractivity contribution is -0.133. The monoisotopic (exact) mass is 258 g/mol. The normalized spacial score (nSPS) is 25.7. The molecule has 0 aliphatic carbocycles. The van der Waals surface area contributed by atoms with Crippen LogP contribution >= 0.6 is 0 Å². The van der Waals surface area contributed by atoms with Crippen molar-refractivity contribution in [1.29, 1.82) is 0 Å². The van der Waals surface area contributed by atoms with Gasteiger partial charge in [-0.3, -0.25) is 4.79 Å². The molecule has 18 heavy (non-hydrogen) atoms. The Morgan fingerprint density at radius 1 is 1.50 bits per heavy atom. The Labute approximate surface area is 110 Å². The van der Waals surface area contributed by atoms with Crippen molar-refractivity contribution in [2.24, 2.45) is 0 Å². The van der Waals surface area contributed by atoms with E-state index >= 15 is 0 Å². The van der Waals surface area contributed by atoms with Gasteiger partial charge in [-0.2, -0.15) is 0 Å². The molecule has 106 valence electrons. The van der Waals surface area contributed by atoms with E-state index in [2.05, 4.69) is 17.6 Å². The maximum absolute atomic E-state index is 11.9. The van der Waals surface area contributed by atoms with Gasteiger partial charge in [-0.1, -0.05) is 0 Å². The van der Waals surface area contributed by atoms with Crippen LogP contribution in [0.15, 0.2) is 0 Å². The average Bonchev–Trinajstić information content (AvgIpc) is 2.37. The van der Waals surface area contributed by atoms with Crippen LogP contribution in [0.25, 0.3) is 0 Å². The zero-order chi connectivity index (χ0) is 13.4. The fraction of sp³-hybridized carbons (Fsp3) is 0.923. The Morgan fingerprint density at radius 3 is 2.94 bits per heavy atom. The van der Waals surface area contributed by atoms with Gasteiger partial charge in [0.1, 0.15) is 6.10 Å². The van der Waals surface area contributed by atoms with Crippen molar-refractivity contribution in [3.63, 3.8) is 0 Å². The van der Waals surface area contributed by atoms with Gasteiger partial charge >= 0.3 is 0 Å². The number of rotatable bonds is 7. The first-order chi connectivity index (χ1) is 8.65. The molecule has 1 aliphatic heterocycles. The Hall–Kier alpha value is -0.650. The van der Waals surface area contributed by atoms with Crippen LogP contribution in [0.1, 0.15) is 33.6 Å². The van der Waals surface area contributed by atoms with Crippen LogP contribution in [0.4, 0.5) is 0 Å². The smallest absolute Gasteiger partial charge is 0.249 e. The molecule has 1 fully saturated rings. The highest BCUT2D eigenvalue weighted by Gasteiger charge is 2.24. The number of carbonyl (C=O) groups is 1. The molecule has 5 heteroatoms. The van der Waals surface area contributed by atoms with Crippen LogP contribution in [-0.4, -0.2) is 50.5 Å². The summed E-state index contributed by atoms with van der Waals surface area (Å²) in [4.78, 5) is 11.9. The van der Waals surface area contributed by atoms with E-state index in [0.29, 0.717) is 25.9 Å². The van der Waals surface area contributed by atoms with Crippen LogP contribution in [-0.2, 0) is 14.3 Å². The topological polar surface area (TPSA) is 59.6 Å². The maximum Gasteiger partial charge on any atom is 0.249 e. The van der Waals surface area contributed by atoms with E-state index in [1.807, 2.05) is 6.92 Å². The van der Waals surface area contributed by atoms with E-state index in [1.54, 1.807) is 6.92 Å². The highest BCUT2D eigenvalue weighted by molar-refractivity contribution is 5.80. The second-order valence-corrected chi connectivity index (χ2v) is 4.71. The van der Waals surface area contributed by atoms with Gasteiger partial charge in [0.2, 0.25) is 5.91 Å². The molecule has 3 unspecified atom stereocenters. The Kier molecular flexibility index (Phi) is 7.23. The van der Waals surface area contributed by atoms with Crippen molar-refractivity contribution in [2.75, 3.05) is 26.4 Å². The second-order valence-electron chi connectivity index (χ2n) is 4.71. The van der Waals surface area contributed by atoms with E-state index in [-0.39, 0.29) is 11.9 Å². The fourth-order valence-corrected chi connectivity index (χ4v) is 2.05. The SMILES string of the molecule is CCOCCOC(C)C(=O)NC1CCCNC1C. The molecular weight excluding hydrogens is 232 g/mol. The fourth-order valence-electron chi connectivity index (χ4n) is 2.05. The van der Waals surface area contributed by atoms with E-state index in [1.165, 1.54) is 0 Å². The van der Waals surface area contributed by atoms with Gasteiger partial charge in [-0.15, -0.1) is 0 Å². The lowest BCUT2D eigenvalue weighted by Gasteiger charge is -2.31. The highest BCUT2D eigenvalue weighted by atomic mass is 16.5. The lowest BCUT2D eigenvalue weighted by atomic mass is 10.00. The standard InChI is InChI=1S/C13H26N2O3/c1-4-17-8-9-18-11(3)13(16)15-12-6-5-7-14-10(12)2/h10-12,14H,4-9H2,1-3H3,(H,15,16). The largest absolute Gasteiger partial charge is 0.379 e. The second kappa shape index (κ2) is 8.45. The van der Waals surface area contributed by atoms with E-state index in [9.17, 15) is 4.79 Å². The molecule has 5 nitrogen and oxygen atoms in total. The number of ether oxygens (including phenoxy) is 2. The minimum absolute atomic E-state index is 0.0351. The molecule has 0 aromatic heterocycles. The molecule has 0 aromatic rings. The molecule has 1 amide bonds. The van der Waals surface area contributed by atoms with Gasteiger partial charge in [0.15, 0.2) is 0 Å². The predicted molar refractivity (Wildman–Crippen MR) is 70.5 cm³/mol. The predicted octanol–water partition coefficient (Wildman–Crippen LogP) is 0.685. The molecule has 0 aromatic carbocycles. The number of hydrogen-bond donors (Lipinski definition) is 2. The summed E-state index contributed by atoms with van der Waals surface area (Å²) in [5.41, 5.74) is 0. The number of piperidine rings is 1. The maximum atomic E-state index is 11.9. The summed E-state index contributed by atoms with van der Waals surface area (Å²) < 4.78 is 10.6. The Bertz CT molecular complexity index is 248. The van der Waals surface area contributed by atoms with Crippen molar-refractivity contribution in [2.45, 2.75) is 51.8 Å². The van der Waals surface area contributed by atoms with Crippen LogP contribution in [0.2, 0.25) is 0 Å². The van der Waals surface area contributed by atoms with Crippen LogP contribution < -0.4 is 10.6 Å². The molecular formula is C13H26N2O3. The molecule has 0 spiro atoms. The molecule has 1 aliphatic rings. The summed E-state index contributed by atoms with van der Waals surface area (Å²) in [5.74, 6) is -0.0351. The van der Waals surface area contributed by atoms with Gasteiger partial charge in [0.05, 0.1) is 13.2 Å². The summed E-state index contributed by atoms with van der Waals surface area (Å²) in [6.45, 7) is 8.53. The van der Waals surface area contributed by atoms with Crippen molar-refractivity contribution in [3.8, 4) is 0 Å². The molecule has 1 heterocycles. The Balaban J connectivity index is 2.21. The van der Waals surface area contributed by atoms with Crippen molar-refractivity contribution in [3.05, 3.63) is 0 Å². The van der Waals surface area contributed by atoms with Crippen molar-refractivity contribution in [1.82, 2.24) is 10.6 Å². The molecule has 0 saturated carbocycles. The zero-order valence-electron chi connectivity index (χ0n) is 11.7. The lowest BCUT2D eigenvalue weighted by Crippen LogP contribution is -2.53. The van der Waals surface area contributed by atoms with E-state index < -0.39 is 6.10 Å². The van der Waals surface area contributed by atoms with Crippen LogP contribution in [0.5, 0.6) is 0 Å². The summed E-state index contributed by atoms with van der Waals surface area (Å²) in [5, 5.41) is 6.40. The summed E-state index contributed by atoms with van der Waals surface area (Å²) in [6.07, 6.45) is 1.72. The first-order valence-electron chi connectivity index (χ1n) is 6.88. The first-order valence-corrected chi connectivity index (χ1v) is 6.88. The highest BCUT2D eigenvalue weighted by Crippen LogP contribution is 2.08. The quantitative estimate of drug-likeness (QED) is 0.660. The van der Waals surface area contributed by atoms with E-state index in [4.69, 9.17) is 9.47 Å². The number of carbonyl (C=O) groups excluding carboxylic acids is 1. The number of hydrogen-bond acceptors (Lipinski definition) is 4.